The van der Waals surface area contributed by atoms with Crippen LogP contribution in [0.4, 0.5) is 5.69 Å². The Bertz CT molecular complexity index is 627. The normalized spacial score (nSPS) is 10.3. The van der Waals surface area contributed by atoms with Crippen LogP contribution in [0.25, 0.3) is 0 Å². The minimum absolute atomic E-state index is 0.273. The monoisotopic (exact) mass is 269 g/mol. The highest BCUT2D eigenvalue weighted by atomic mass is 16.5. The topological polar surface area (TPSA) is 52.3 Å². The van der Waals surface area contributed by atoms with Crippen LogP contribution in [0.15, 0.2) is 36.4 Å². The van der Waals surface area contributed by atoms with Crippen molar-refractivity contribution in [3.05, 3.63) is 64.2 Å². The van der Waals surface area contributed by atoms with Crippen molar-refractivity contribution >= 4 is 11.7 Å². The number of carbonyl (C=O) groups excluding carboxylic acids is 1. The van der Waals surface area contributed by atoms with E-state index in [4.69, 9.17) is 10.5 Å². The molecule has 104 valence electrons. The zero-order valence-electron chi connectivity index (χ0n) is 12.1. The molecule has 2 aromatic rings. The van der Waals surface area contributed by atoms with Crippen LogP contribution in [-0.2, 0) is 11.3 Å². The van der Waals surface area contributed by atoms with Gasteiger partial charge in [-0.05, 0) is 44.0 Å². The first-order valence-corrected chi connectivity index (χ1v) is 6.56. The first-order chi connectivity index (χ1) is 9.45. The summed E-state index contributed by atoms with van der Waals surface area (Å²) in [7, 11) is 0. The van der Waals surface area contributed by atoms with Crippen molar-refractivity contribution in [2.45, 2.75) is 27.4 Å². The van der Waals surface area contributed by atoms with Crippen molar-refractivity contribution in [3.63, 3.8) is 0 Å². The van der Waals surface area contributed by atoms with Crippen LogP contribution < -0.4 is 5.73 Å². The van der Waals surface area contributed by atoms with E-state index in [0.29, 0.717) is 11.3 Å². The molecule has 0 atom stereocenters. The van der Waals surface area contributed by atoms with Crippen LogP contribution in [0.2, 0.25) is 0 Å². The summed E-state index contributed by atoms with van der Waals surface area (Å²) >= 11 is 0. The molecule has 0 heterocycles. The number of hydrogen-bond acceptors (Lipinski definition) is 3. The van der Waals surface area contributed by atoms with Crippen molar-refractivity contribution in [2.75, 3.05) is 5.73 Å². The predicted molar refractivity (Wildman–Crippen MR) is 80.6 cm³/mol. The fraction of sp³-hybridized carbons (Fsp3) is 0.235. The molecule has 0 aliphatic rings. The first-order valence-electron chi connectivity index (χ1n) is 6.56. The van der Waals surface area contributed by atoms with Gasteiger partial charge in [0, 0.05) is 5.69 Å². The van der Waals surface area contributed by atoms with Gasteiger partial charge in [-0.25, -0.2) is 4.79 Å². The van der Waals surface area contributed by atoms with Gasteiger partial charge in [0.25, 0.3) is 0 Å². The summed E-state index contributed by atoms with van der Waals surface area (Å²) in [5, 5.41) is 0. The van der Waals surface area contributed by atoms with E-state index in [9.17, 15) is 4.79 Å². The number of rotatable bonds is 3. The number of nitrogens with two attached hydrogens (primary N) is 1. The molecule has 0 amide bonds. The molecular formula is C17H19NO2. The van der Waals surface area contributed by atoms with Gasteiger partial charge < -0.3 is 10.5 Å². The number of aryl methyl sites for hydroxylation is 3. The molecule has 3 heteroatoms. The van der Waals surface area contributed by atoms with Crippen molar-refractivity contribution in [2.24, 2.45) is 0 Å². The molecule has 0 saturated carbocycles. The third-order valence-electron chi connectivity index (χ3n) is 3.13. The minimum Gasteiger partial charge on any atom is -0.457 e. The van der Waals surface area contributed by atoms with E-state index in [1.54, 1.807) is 12.1 Å². The second-order valence-electron chi connectivity index (χ2n) is 5.15. The van der Waals surface area contributed by atoms with Gasteiger partial charge >= 0.3 is 5.97 Å². The van der Waals surface area contributed by atoms with Gasteiger partial charge in [0.2, 0.25) is 0 Å². The van der Waals surface area contributed by atoms with Crippen molar-refractivity contribution < 1.29 is 9.53 Å². The highest BCUT2D eigenvalue weighted by Crippen LogP contribution is 2.16. The summed E-state index contributed by atoms with van der Waals surface area (Å²) in [4.78, 5) is 12.1. The van der Waals surface area contributed by atoms with Gasteiger partial charge in [-0.1, -0.05) is 35.4 Å². The lowest BCUT2D eigenvalue weighted by Gasteiger charge is -2.09. The molecule has 3 nitrogen and oxygen atoms in total. The maximum Gasteiger partial charge on any atom is 0.338 e. The highest BCUT2D eigenvalue weighted by Gasteiger charge is 2.11. The number of benzene rings is 2. The van der Waals surface area contributed by atoms with E-state index in [-0.39, 0.29) is 12.6 Å². The predicted octanol–water partition coefficient (Wildman–Crippen LogP) is 3.55. The van der Waals surface area contributed by atoms with E-state index in [1.165, 1.54) is 0 Å². The molecule has 0 radical (unpaired) electrons. The first kappa shape index (κ1) is 14.1. The highest BCUT2D eigenvalue weighted by molar-refractivity contribution is 5.92. The molecule has 2 N–H and O–H groups in total. The van der Waals surface area contributed by atoms with Crippen LogP contribution >= 0.6 is 0 Å². The number of nitrogen functional groups attached to an aromatic ring is 1. The summed E-state index contributed by atoms with van der Waals surface area (Å²) in [5.41, 5.74) is 11.0. The molecule has 2 aromatic carbocycles. The number of esters is 1. The van der Waals surface area contributed by atoms with Crippen molar-refractivity contribution in [1.82, 2.24) is 0 Å². The van der Waals surface area contributed by atoms with Crippen LogP contribution in [0, 0.1) is 20.8 Å². The third kappa shape index (κ3) is 3.38. The quantitative estimate of drug-likeness (QED) is 0.684. The summed E-state index contributed by atoms with van der Waals surface area (Å²) in [5.74, 6) is -0.339. The molecule has 0 aromatic heterocycles. The zero-order valence-corrected chi connectivity index (χ0v) is 12.1. The number of carbonyl (C=O) groups is 1. The standard InChI is InChI=1S/C17H19NO2/c1-11-6-12(2)8-14(7-11)10-20-17(19)16-9-15(18)5-4-13(16)3/h4-9H,10,18H2,1-3H3. The molecule has 0 bridgehead atoms. The average molecular weight is 269 g/mol. The molecule has 0 unspecified atom stereocenters. The molecular weight excluding hydrogens is 250 g/mol. The van der Waals surface area contributed by atoms with Crippen LogP contribution in [0.3, 0.4) is 0 Å². The summed E-state index contributed by atoms with van der Waals surface area (Å²) in [6, 6.07) is 11.4. The van der Waals surface area contributed by atoms with Gasteiger partial charge in [-0.2, -0.15) is 0 Å². The smallest absolute Gasteiger partial charge is 0.338 e. The average Bonchev–Trinajstić information content (AvgIpc) is 2.38. The minimum atomic E-state index is -0.339. The SMILES string of the molecule is Cc1cc(C)cc(COC(=O)c2cc(N)ccc2C)c1. The Morgan fingerprint density at radius 2 is 1.70 bits per heavy atom. The van der Waals surface area contributed by atoms with Gasteiger partial charge in [-0.15, -0.1) is 0 Å². The van der Waals surface area contributed by atoms with E-state index in [0.717, 1.165) is 22.3 Å². The third-order valence-corrected chi connectivity index (χ3v) is 3.13. The van der Waals surface area contributed by atoms with Crippen LogP contribution in [0.1, 0.15) is 32.6 Å². The summed E-state index contributed by atoms with van der Waals surface area (Å²) < 4.78 is 5.37. The molecule has 0 saturated heterocycles. The van der Waals surface area contributed by atoms with E-state index in [2.05, 4.69) is 6.07 Å². The summed E-state index contributed by atoms with van der Waals surface area (Å²) in [6.07, 6.45) is 0. The van der Waals surface area contributed by atoms with Gasteiger partial charge in [0.1, 0.15) is 6.61 Å². The van der Waals surface area contributed by atoms with E-state index >= 15 is 0 Å². The second kappa shape index (κ2) is 5.78. The Balaban J connectivity index is 2.10. The van der Waals surface area contributed by atoms with Gasteiger partial charge in [-0.3, -0.25) is 0 Å². The Morgan fingerprint density at radius 1 is 1.05 bits per heavy atom. The van der Waals surface area contributed by atoms with Crippen molar-refractivity contribution in [1.29, 1.82) is 0 Å². The second-order valence-corrected chi connectivity index (χ2v) is 5.15. The fourth-order valence-corrected chi connectivity index (χ4v) is 2.24. The lowest BCUT2D eigenvalue weighted by molar-refractivity contribution is 0.0472. The fourth-order valence-electron chi connectivity index (χ4n) is 2.24. The van der Waals surface area contributed by atoms with Crippen LogP contribution in [-0.4, -0.2) is 5.97 Å². The molecule has 0 spiro atoms. The lowest BCUT2D eigenvalue weighted by atomic mass is 10.1. The maximum absolute atomic E-state index is 12.1. The van der Waals surface area contributed by atoms with Crippen molar-refractivity contribution in [3.8, 4) is 0 Å². The zero-order chi connectivity index (χ0) is 14.7. The molecule has 2 rings (SSSR count). The summed E-state index contributed by atoms with van der Waals surface area (Å²) in [6.45, 7) is 6.20. The molecule has 0 aliphatic heterocycles. The largest absolute Gasteiger partial charge is 0.457 e. The number of hydrogen-bond donors (Lipinski definition) is 1. The van der Waals surface area contributed by atoms with E-state index < -0.39 is 0 Å². The Labute approximate surface area is 119 Å². The van der Waals surface area contributed by atoms with Gasteiger partial charge in [0.15, 0.2) is 0 Å². The van der Waals surface area contributed by atoms with Crippen LogP contribution in [0.5, 0.6) is 0 Å². The Morgan fingerprint density at radius 3 is 2.35 bits per heavy atom. The Kier molecular flexibility index (Phi) is 4.08. The number of ether oxygens (including phenoxy) is 1. The lowest BCUT2D eigenvalue weighted by Crippen LogP contribution is -2.08. The maximum atomic E-state index is 12.1. The number of anilines is 1. The van der Waals surface area contributed by atoms with E-state index in [1.807, 2.05) is 39.0 Å². The molecule has 20 heavy (non-hydrogen) atoms. The molecule has 0 aliphatic carbocycles. The van der Waals surface area contributed by atoms with Gasteiger partial charge in [0.05, 0.1) is 5.56 Å². The Hall–Kier alpha value is -2.29. The molecule has 0 fully saturated rings.